The molecule has 0 heterocycles. The highest BCUT2D eigenvalue weighted by atomic mass is 16.1. The Bertz CT molecular complexity index is 680. The Balaban J connectivity index is 2.47. The molecule has 0 aliphatic carbocycles. The number of nitrogens with zero attached hydrogens (tertiary/aromatic N) is 1. The Morgan fingerprint density at radius 2 is 1.21 bits per heavy atom. The van der Waals surface area contributed by atoms with Gasteiger partial charge in [0.1, 0.15) is 0 Å². The summed E-state index contributed by atoms with van der Waals surface area (Å²) in [6, 6.07) is 7.96. The van der Waals surface area contributed by atoms with Gasteiger partial charge < -0.3 is 21.3 Å². The van der Waals surface area contributed by atoms with E-state index in [9.17, 15) is 4.79 Å². The molecule has 0 atom stereocenters. The van der Waals surface area contributed by atoms with E-state index in [0.29, 0.717) is 6.54 Å². The van der Waals surface area contributed by atoms with Crippen molar-refractivity contribution in [1.29, 1.82) is 0 Å². The molecule has 0 saturated carbocycles. The highest BCUT2D eigenvalue weighted by Gasteiger charge is 2.15. The lowest BCUT2D eigenvalue weighted by atomic mass is 9.87. The van der Waals surface area contributed by atoms with E-state index in [1.807, 2.05) is 12.1 Å². The van der Waals surface area contributed by atoms with Gasteiger partial charge in [-0.05, 0) is 64.7 Å². The second-order valence-electron chi connectivity index (χ2n) is 12.0. The zero-order valence-electron chi connectivity index (χ0n) is 22.8. The Morgan fingerprint density at radius 1 is 0.697 bits per heavy atom. The number of hydrogen-bond donors (Lipinski definition) is 4. The molecule has 4 N–H and O–H groups in total. The Hall–Kier alpha value is -1.47. The van der Waals surface area contributed by atoms with Crippen molar-refractivity contribution in [3.63, 3.8) is 0 Å². The van der Waals surface area contributed by atoms with Crippen LogP contribution in [0.5, 0.6) is 0 Å². The highest BCUT2D eigenvalue weighted by Crippen LogP contribution is 2.22. The summed E-state index contributed by atoms with van der Waals surface area (Å²) in [5.74, 6) is -0.00500. The van der Waals surface area contributed by atoms with Crippen LogP contribution in [0.25, 0.3) is 0 Å². The molecule has 1 amide bonds. The van der Waals surface area contributed by atoms with Crippen LogP contribution in [0, 0.1) is 0 Å². The minimum Gasteiger partial charge on any atom is -0.351 e. The van der Waals surface area contributed by atoms with E-state index in [0.717, 1.165) is 51.4 Å². The highest BCUT2D eigenvalue weighted by molar-refractivity contribution is 5.94. The van der Waals surface area contributed by atoms with Gasteiger partial charge in [0, 0.05) is 69.0 Å². The largest absolute Gasteiger partial charge is 0.351 e. The van der Waals surface area contributed by atoms with Crippen LogP contribution >= 0.6 is 0 Å². The van der Waals surface area contributed by atoms with Gasteiger partial charge in [0.25, 0.3) is 5.91 Å². The SMILES string of the molecule is CC(C)(C)NCCNCCN(CCNC(=O)c1ccc(C(C)(C)C)cc1)CCNC(C)(C)C. The number of benzene rings is 1. The molecule has 1 aromatic carbocycles. The van der Waals surface area contributed by atoms with E-state index in [-0.39, 0.29) is 22.4 Å². The number of hydrogen-bond acceptors (Lipinski definition) is 5. The van der Waals surface area contributed by atoms with Crippen molar-refractivity contribution in [2.75, 3.05) is 52.4 Å². The van der Waals surface area contributed by atoms with Gasteiger partial charge in [-0.15, -0.1) is 0 Å². The predicted molar refractivity (Wildman–Crippen MR) is 142 cm³/mol. The molecule has 0 aliphatic rings. The van der Waals surface area contributed by atoms with Crippen molar-refractivity contribution in [1.82, 2.24) is 26.2 Å². The number of carbonyl (C=O) groups excluding carboxylic acids is 1. The van der Waals surface area contributed by atoms with Crippen LogP contribution < -0.4 is 21.3 Å². The standard InChI is InChI=1S/C27H51N5O/c1-25(2,3)23-12-10-22(11-13-23)24(33)29-17-20-32(21-18-31-27(7,8)9)19-16-28-14-15-30-26(4,5)6/h10-13,28,30-31H,14-21H2,1-9H3,(H,29,33). The van der Waals surface area contributed by atoms with Crippen LogP contribution in [-0.2, 0) is 5.41 Å². The van der Waals surface area contributed by atoms with Gasteiger partial charge in [-0.2, -0.15) is 0 Å². The first-order valence-corrected chi connectivity index (χ1v) is 12.5. The summed E-state index contributed by atoms with van der Waals surface area (Å²) < 4.78 is 0. The molecule has 0 spiro atoms. The van der Waals surface area contributed by atoms with Gasteiger partial charge >= 0.3 is 0 Å². The summed E-state index contributed by atoms with van der Waals surface area (Å²) in [7, 11) is 0. The molecule has 6 nitrogen and oxygen atoms in total. The van der Waals surface area contributed by atoms with Gasteiger partial charge in [-0.1, -0.05) is 32.9 Å². The molecule has 0 aliphatic heterocycles. The van der Waals surface area contributed by atoms with E-state index in [4.69, 9.17) is 0 Å². The van der Waals surface area contributed by atoms with E-state index >= 15 is 0 Å². The number of rotatable bonds is 13. The molecular weight excluding hydrogens is 410 g/mol. The van der Waals surface area contributed by atoms with Crippen LogP contribution in [0.15, 0.2) is 24.3 Å². The lowest BCUT2D eigenvalue weighted by Crippen LogP contribution is -2.45. The van der Waals surface area contributed by atoms with Crippen LogP contribution in [-0.4, -0.2) is 74.2 Å². The fraction of sp³-hybridized carbons (Fsp3) is 0.741. The van der Waals surface area contributed by atoms with Crippen LogP contribution in [0.4, 0.5) is 0 Å². The summed E-state index contributed by atoms with van der Waals surface area (Å²) >= 11 is 0. The summed E-state index contributed by atoms with van der Waals surface area (Å²) in [6.07, 6.45) is 0. The predicted octanol–water partition coefficient (Wildman–Crippen LogP) is 3.38. The third kappa shape index (κ3) is 14.4. The van der Waals surface area contributed by atoms with Crippen molar-refractivity contribution in [2.24, 2.45) is 0 Å². The van der Waals surface area contributed by atoms with E-state index in [1.54, 1.807) is 0 Å². The fourth-order valence-corrected chi connectivity index (χ4v) is 3.36. The first-order valence-electron chi connectivity index (χ1n) is 12.5. The Labute approximate surface area is 203 Å². The van der Waals surface area contributed by atoms with Crippen molar-refractivity contribution in [3.05, 3.63) is 35.4 Å². The van der Waals surface area contributed by atoms with Gasteiger partial charge in [-0.25, -0.2) is 0 Å². The van der Waals surface area contributed by atoms with Crippen molar-refractivity contribution in [2.45, 2.75) is 78.8 Å². The fourth-order valence-electron chi connectivity index (χ4n) is 3.36. The molecule has 1 rings (SSSR count). The molecule has 190 valence electrons. The minimum atomic E-state index is -0.00500. The molecule has 0 unspecified atom stereocenters. The van der Waals surface area contributed by atoms with Crippen LogP contribution in [0.2, 0.25) is 0 Å². The molecule has 33 heavy (non-hydrogen) atoms. The van der Waals surface area contributed by atoms with Crippen LogP contribution in [0.3, 0.4) is 0 Å². The zero-order chi connectivity index (χ0) is 25.1. The first-order chi connectivity index (χ1) is 15.2. The Kier molecular flexibility index (Phi) is 12.0. The van der Waals surface area contributed by atoms with E-state index in [1.165, 1.54) is 5.56 Å². The maximum atomic E-state index is 12.6. The average Bonchev–Trinajstić information content (AvgIpc) is 2.67. The normalized spacial score (nSPS) is 12.9. The summed E-state index contributed by atoms with van der Waals surface area (Å²) in [5, 5.41) is 13.7. The molecule has 6 heteroatoms. The first kappa shape index (κ1) is 29.6. The van der Waals surface area contributed by atoms with Gasteiger partial charge in [-0.3, -0.25) is 9.69 Å². The second-order valence-corrected chi connectivity index (χ2v) is 12.0. The quantitative estimate of drug-likeness (QED) is 0.339. The maximum absolute atomic E-state index is 12.6. The molecule has 0 bridgehead atoms. The molecule has 0 fully saturated rings. The lowest BCUT2D eigenvalue weighted by molar-refractivity contribution is 0.0948. The number of carbonyl (C=O) groups is 1. The van der Waals surface area contributed by atoms with E-state index < -0.39 is 0 Å². The zero-order valence-corrected chi connectivity index (χ0v) is 22.8. The molecule has 0 saturated heterocycles. The molecule has 0 aromatic heterocycles. The third-order valence-electron chi connectivity index (χ3n) is 5.37. The molecule has 0 radical (unpaired) electrons. The molecule has 1 aromatic rings. The van der Waals surface area contributed by atoms with Crippen molar-refractivity contribution < 1.29 is 4.79 Å². The van der Waals surface area contributed by atoms with Crippen molar-refractivity contribution in [3.8, 4) is 0 Å². The van der Waals surface area contributed by atoms with Gasteiger partial charge in [0.15, 0.2) is 0 Å². The van der Waals surface area contributed by atoms with E-state index in [2.05, 4.69) is 101 Å². The monoisotopic (exact) mass is 461 g/mol. The average molecular weight is 462 g/mol. The summed E-state index contributed by atoms with van der Waals surface area (Å²) in [5.41, 5.74) is 2.31. The topological polar surface area (TPSA) is 68.4 Å². The number of nitrogens with one attached hydrogen (secondary N) is 4. The Morgan fingerprint density at radius 3 is 1.76 bits per heavy atom. The summed E-state index contributed by atoms with van der Waals surface area (Å²) in [6.45, 7) is 26.8. The lowest BCUT2D eigenvalue weighted by Gasteiger charge is -2.26. The van der Waals surface area contributed by atoms with Crippen molar-refractivity contribution >= 4 is 5.91 Å². The van der Waals surface area contributed by atoms with Crippen LogP contribution in [0.1, 0.15) is 78.2 Å². The number of amides is 1. The molecular formula is C27H51N5O. The second kappa shape index (κ2) is 13.4. The third-order valence-corrected chi connectivity index (χ3v) is 5.37. The van der Waals surface area contributed by atoms with Gasteiger partial charge in [0.2, 0.25) is 0 Å². The van der Waals surface area contributed by atoms with Gasteiger partial charge in [0.05, 0.1) is 0 Å². The smallest absolute Gasteiger partial charge is 0.251 e. The summed E-state index contributed by atoms with van der Waals surface area (Å²) in [4.78, 5) is 15.0. The minimum absolute atomic E-state index is 0.00500. The maximum Gasteiger partial charge on any atom is 0.251 e.